The van der Waals surface area contributed by atoms with Crippen molar-refractivity contribution in [3.8, 4) is 0 Å². The summed E-state index contributed by atoms with van der Waals surface area (Å²) in [5, 5.41) is 0. The van der Waals surface area contributed by atoms with Gasteiger partial charge in [0, 0.05) is 38.0 Å². The van der Waals surface area contributed by atoms with Gasteiger partial charge in [0.2, 0.25) is 0 Å². The first-order chi connectivity index (χ1) is 7.13. The zero-order chi connectivity index (χ0) is 11.3. The minimum Gasteiger partial charge on any atom is -0.463 e. The maximum Gasteiger partial charge on any atom is 0.334 e. The Bertz CT molecular complexity index is 263. The van der Waals surface area contributed by atoms with Gasteiger partial charge < -0.3 is 4.74 Å². The number of likely N-dealkylation sites (tertiary alicyclic amines) is 1. The minimum absolute atomic E-state index is 0.299. The molecular weight excluding hydrogens is 194 g/mol. The molecule has 0 atom stereocenters. The molecule has 1 aliphatic heterocycles. The van der Waals surface area contributed by atoms with Crippen molar-refractivity contribution in [2.24, 2.45) is 0 Å². The fourth-order valence-corrected chi connectivity index (χ4v) is 1.53. The van der Waals surface area contributed by atoms with E-state index in [9.17, 15) is 9.59 Å². The SMILES string of the molecule is C=C(CN1CCC(=O)CC1)C(=O)OCC. The molecule has 15 heavy (non-hydrogen) atoms. The lowest BCUT2D eigenvalue weighted by molar-refractivity contribution is -0.138. The summed E-state index contributed by atoms with van der Waals surface area (Å²) in [6.45, 7) is 7.77. The largest absolute Gasteiger partial charge is 0.463 e. The highest BCUT2D eigenvalue weighted by molar-refractivity contribution is 5.88. The summed E-state index contributed by atoms with van der Waals surface area (Å²) >= 11 is 0. The van der Waals surface area contributed by atoms with Gasteiger partial charge in [0.1, 0.15) is 5.78 Å². The summed E-state index contributed by atoms with van der Waals surface area (Å²) < 4.78 is 4.83. The van der Waals surface area contributed by atoms with E-state index in [4.69, 9.17) is 4.74 Å². The van der Waals surface area contributed by atoms with Gasteiger partial charge in [-0.3, -0.25) is 9.69 Å². The van der Waals surface area contributed by atoms with Gasteiger partial charge in [-0.15, -0.1) is 0 Å². The summed E-state index contributed by atoms with van der Waals surface area (Å²) in [6.07, 6.45) is 1.16. The first kappa shape index (κ1) is 11.9. The summed E-state index contributed by atoms with van der Waals surface area (Å²) in [4.78, 5) is 24.3. The van der Waals surface area contributed by atoms with Crippen molar-refractivity contribution in [2.45, 2.75) is 19.8 Å². The highest BCUT2D eigenvalue weighted by Crippen LogP contribution is 2.08. The molecule has 0 aromatic heterocycles. The third-order valence-corrected chi connectivity index (χ3v) is 2.39. The van der Waals surface area contributed by atoms with Crippen LogP contribution < -0.4 is 0 Å². The van der Waals surface area contributed by atoms with Crippen LogP contribution in [-0.4, -0.2) is 42.9 Å². The maximum atomic E-state index is 11.3. The van der Waals surface area contributed by atoms with Gasteiger partial charge in [0.25, 0.3) is 0 Å². The standard InChI is InChI=1S/C11H17NO3/c1-3-15-11(14)9(2)8-12-6-4-10(13)5-7-12/h2-8H2,1H3. The van der Waals surface area contributed by atoms with Crippen LogP contribution >= 0.6 is 0 Å². The number of hydrogen-bond donors (Lipinski definition) is 0. The fraction of sp³-hybridized carbons (Fsp3) is 0.636. The molecule has 4 heteroatoms. The molecular formula is C11H17NO3. The number of nitrogens with zero attached hydrogens (tertiary/aromatic N) is 1. The molecule has 0 aromatic rings. The molecule has 0 unspecified atom stereocenters. The number of rotatable bonds is 4. The van der Waals surface area contributed by atoms with E-state index in [0.717, 1.165) is 13.1 Å². The Morgan fingerprint density at radius 3 is 2.60 bits per heavy atom. The normalized spacial score (nSPS) is 17.5. The smallest absolute Gasteiger partial charge is 0.334 e. The Balaban J connectivity index is 2.32. The Labute approximate surface area is 89.9 Å². The number of ketones is 1. The third-order valence-electron chi connectivity index (χ3n) is 2.39. The molecule has 4 nitrogen and oxygen atoms in total. The number of hydrogen-bond acceptors (Lipinski definition) is 4. The second-order valence-corrected chi connectivity index (χ2v) is 3.64. The zero-order valence-electron chi connectivity index (χ0n) is 9.12. The highest BCUT2D eigenvalue weighted by atomic mass is 16.5. The lowest BCUT2D eigenvalue weighted by atomic mass is 10.1. The molecule has 1 aliphatic rings. The van der Waals surface area contributed by atoms with Crippen molar-refractivity contribution >= 4 is 11.8 Å². The number of piperidine rings is 1. The van der Waals surface area contributed by atoms with Crippen molar-refractivity contribution in [1.82, 2.24) is 4.90 Å². The average Bonchev–Trinajstić information content (AvgIpc) is 2.22. The van der Waals surface area contributed by atoms with Gasteiger partial charge in [0.05, 0.1) is 6.61 Å². The topological polar surface area (TPSA) is 46.6 Å². The summed E-state index contributed by atoms with van der Waals surface area (Å²) in [7, 11) is 0. The van der Waals surface area contributed by atoms with E-state index in [-0.39, 0.29) is 5.97 Å². The fourth-order valence-electron chi connectivity index (χ4n) is 1.53. The van der Waals surface area contributed by atoms with Crippen LogP contribution in [0.2, 0.25) is 0 Å². The molecule has 1 heterocycles. The van der Waals surface area contributed by atoms with Crippen molar-refractivity contribution in [3.05, 3.63) is 12.2 Å². The molecule has 1 rings (SSSR count). The summed E-state index contributed by atoms with van der Waals surface area (Å²) in [5.41, 5.74) is 0.464. The van der Waals surface area contributed by atoms with Crippen LogP contribution in [0.15, 0.2) is 12.2 Å². The molecule has 0 N–H and O–H groups in total. The Morgan fingerprint density at radius 1 is 1.47 bits per heavy atom. The summed E-state index contributed by atoms with van der Waals surface area (Å²) in [6, 6.07) is 0. The van der Waals surface area contributed by atoms with Crippen molar-refractivity contribution < 1.29 is 14.3 Å². The molecule has 0 spiro atoms. The third kappa shape index (κ3) is 3.83. The van der Waals surface area contributed by atoms with Crippen molar-refractivity contribution in [1.29, 1.82) is 0 Å². The van der Waals surface area contributed by atoms with Crippen LogP contribution in [0.1, 0.15) is 19.8 Å². The second-order valence-electron chi connectivity index (χ2n) is 3.64. The molecule has 1 saturated heterocycles. The zero-order valence-corrected chi connectivity index (χ0v) is 9.12. The monoisotopic (exact) mass is 211 g/mol. The number of esters is 1. The van der Waals surface area contributed by atoms with Crippen LogP contribution in [0.5, 0.6) is 0 Å². The maximum absolute atomic E-state index is 11.3. The highest BCUT2D eigenvalue weighted by Gasteiger charge is 2.18. The van der Waals surface area contributed by atoms with Gasteiger partial charge in [-0.05, 0) is 6.92 Å². The van der Waals surface area contributed by atoms with E-state index < -0.39 is 0 Å². The Morgan fingerprint density at radius 2 is 2.07 bits per heavy atom. The van der Waals surface area contributed by atoms with Crippen LogP contribution in [0.4, 0.5) is 0 Å². The minimum atomic E-state index is -0.339. The number of Topliss-reactive ketones (excluding diaryl/α,β-unsaturated/α-hetero) is 1. The van der Waals surface area contributed by atoms with Crippen LogP contribution in [-0.2, 0) is 14.3 Å². The van der Waals surface area contributed by atoms with E-state index in [1.807, 2.05) is 0 Å². The van der Waals surface area contributed by atoms with E-state index in [1.165, 1.54) is 0 Å². The molecule has 0 amide bonds. The number of carbonyl (C=O) groups is 2. The van der Waals surface area contributed by atoms with Gasteiger partial charge in [-0.25, -0.2) is 4.79 Å². The Hall–Kier alpha value is -1.16. The van der Waals surface area contributed by atoms with Crippen LogP contribution in [0.25, 0.3) is 0 Å². The molecule has 84 valence electrons. The average molecular weight is 211 g/mol. The van der Waals surface area contributed by atoms with Crippen LogP contribution in [0, 0.1) is 0 Å². The first-order valence-electron chi connectivity index (χ1n) is 5.22. The lowest BCUT2D eigenvalue weighted by Gasteiger charge is -2.25. The molecule has 1 fully saturated rings. The van der Waals surface area contributed by atoms with Gasteiger partial charge in [0.15, 0.2) is 0 Å². The van der Waals surface area contributed by atoms with Crippen molar-refractivity contribution in [2.75, 3.05) is 26.2 Å². The molecule has 0 bridgehead atoms. The first-order valence-corrected chi connectivity index (χ1v) is 5.22. The summed E-state index contributed by atoms with van der Waals surface area (Å²) in [5.74, 6) is -0.0394. The predicted molar refractivity (Wildman–Crippen MR) is 56.5 cm³/mol. The second kappa shape index (κ2) is 5.66. The van der Waals surface area contributed by atoms with E-state index >= 15 is 0 Å². The van der Waals surface area contributed by atoms with Gasteiger partial charge in [-0.2, -0.15) is 0 Å². The molecule has 0 radical (unpaired) electrons. The van der Waals surface area contributed by atoms with E-state index in [2.05, 4.69) is 11.5 Å². The number of carbonyl (C=O) groups excluding carboxylic acids is 2. The quantitative estimate of drug-likeness (QED) is 0.509. The van der Waals surface area contributed by atoms with E-state index in [0.29, 0.717) is 37.3 Å². The Kier molecular flexibility index (Phi) is 4.49. The molecule has 0 aromatic carbocycles. The molecule has 0 saturated carbocycles. The van der Waals surface area contributed by atoms with Crippen molar-refractivity contribution in [3.63, 3.8) is 0 Å². The lowest BCUT2D eigenvalue weighted by Crippen LogP contribution is -2.36. The van der Waals surface area contributed by atoms with E-state index in [1.54, 1.807) is 6.92 Å². The molecule has 0 aliphatic carbocycles. The van der Waals surface area contributed by atoms with Crippen LogP contribution in [0.3, 0.4) is 0 Å². The van der Waals surface area contributed by atoms with Gasteiger partial charge >= 0.3 is 5.97 Å². The number of ether oxygens (including phenoxy) is 1. The van der Waals surface area contributed by atoms with Gasteiger partial charge in [-0.1, -0.05) is 6.58 Å². The predicted octanol–water partition coefficient (Wildman–Crippen LogP) is 0.771.